The summed E-state index contributed by atoms with van der Waals surface area (Å²) < 4.78 is 6.12. The van der Waals surface area contributed by atoms with Crippen LogP contribution in [0.4, 0.5) is 0 Å². The maximum Gasteiger partial charge on any atom is 0.133 e. The zero-order valence-electron chi connectivity index (χ0n) is 10.8. The number of halogens is 1. The summed E-state index contributed by atoms with van der Waals surface area (Å²) in [6.45, 7) is 0.521. The molecule has 0 aromatic heterocycles. The zero-order chi connectivity index (χ0) is 13.8. The molecule has 4 N–H and O–H groups in total. The average Bonchev–Trinajstić information content (AvgIpc) is 2.46. The highest BCUT2D eigenvalue weighted by Crippen LogP contribution is 2.29. The minimum atomic E-state index is -0.172. The van der Waals surface area contributed by atoms with Crippen LogP contribution in [0.2, 0.25) is 0 Å². The first-order valence-electron chi connectivity index (χ1n) is 6.03. The lowest BCUT2D eigenvalue weighted by molar-refractivity contribution is 0.412. The van der Waals surface area contributed by atoms with Crippen LogP contribution in [0.3, 0.4) is 0 Å². The summed E-state index contributed by atoms with van der Waals surface area (Å²) >= 11 is 3.48. The van der Waals surface area contributed by atoms with Gasteiger partial charge in [-0.3, -0.25) is 0 Å². The zero-order valence-corrected chi connectivity index (χ0v) is 12.4. The summed E-state index contributed by atoms with van der Waals surface area (Å²) in [7, 11) is 1.64. The molecule has 0 radical (unpaired) electrons. The molecule has 100 valence electrons. The first-order valence-corrected chi connectivity index (χ1v) is 6.83. The SMILES string of the molecule is COc1ccc(C(N)c2cccc(CN)c2)cc1Br. The van der Waals surface area contributed by atoms with Crippen LogP contribution in [0.1, 0.15) is 22.7 Å². The molecule has 1 atom stereocenters. The molecule has 0 heterocycles. The lowest BCUT2D eigenvalue weighted by Crippen LogP contribution is -2.12. The second-order valence-electron chi connectivity index (χ2n) is 4.32. The van der Waals surface area contributed by atoms with Gasteiger partial charge in [0, 0.05) is 6.54 Å². The Hall–Kier alpha value is -1.36. The smallest absolute Gasteiger partial charge is 0.133 e. The minimum absolute atomic E-state index is 0.172. The maximum absolute atomic E-state index is 6.30. The van der Waals surface area contributed by atoms with Crippen LogP contribution < -0.4 is 16.2 Å². The van der Waals surface area contributed by atoms with Gasteiger partial charge in [0.15, 0.2) is 0 Å². The van der Waals surface area contributed by atoms with Crippen molar-refractivity contribution in [3.05, 3.63) is 63.6 Å². The molecular weight excluding hydrogens is 304 g/mol. The average molecular weight is 321 g/mol. The Kier molecular flexibility index (Phi) is 4.58. The topological polar surface area (TPSA) is 61.3 Å². The Labute approximate surface area is 121 Å². The van der Waals surface area contributed by atoms with Crippen LogP contribution >= 0.6 is 15.9 Å². The second kappa shape index (κ2) is 6.19. The molecule has 0 fully saturated rings. The molecule has 0 bridgehead atoms. The number of benzene rings is 2. The van der Waals surface area contributed by atoms with E-state index in [0.717, 1.165) is 26.9 Å². The predicted octanol–water partition coefficient (Wildman–Crippen LogP) is 2.96. The highest BCUT2D eigenvalue weighted by molar-refractivity contribution is 9.10. The van der Waals surface area contributed by atoms with Gasteiger partial charge in [-0.1, -0.05) is 30.3 Å². The van der Waals surface area contributed by atoms with Gasteiger partial charge in [0.2, 0.25) is 0 Å². The molecule has 1 unspecified atom stereocenters. The molecule has 0 aliphatic rings. The van der Waals surface area contributed by atoms with Gasteiger partial charge in [0.25, 0.3) is 0 Å². The Morgan fingerprint density at radius 2 is 1.89 bits per heavy atom. The van der Waals surface area contributed by atoms with Crippen molar-refractivity contribution in [1.29, 1.82) is 0 Å². The van der Waals surface area contributed by atoms with E-state index >= 15 is 0 Å². The quantitative estimate of drug-likeness (QED) is 0.910. The van der Waals surface area contributed by atoms with Gasteiger partial charge in [-0.25, -0.2) is 0 Å². The largest absolute Gasteiger partial charge is 0.496 e. The fourth-order valence-corrected chi connectivity index (χ4v) is 2.54. The first-order chi connectivity index (χ1) is 9.15. The summed E-state index contributed by atoms with van der Waals surface area (Å²) in [5, 5.41) is 0. The van der Waals surface area contributed by atoms with Crippen molar-refractivity contribution in [1.82, 2.24) is 0 Å². The van der Waals surface area contributed by atoms with Gasteiger partial charge in [-0.05, 0) is 44.8 Å². The van der Waals surface area contributed by atoms with Crippen LogP contribution in [0.15, 0.2) is 46.9 Å². The van der Waals surface area contributed by atoms with Crippen LogP contribution in [0.25, 0.3) is 0 Å². The second-order valence-corrected chi connectivity index (χ2v) is 5.18. The van der Waals surface area contributed by atoms with Crippen molar-refractivity contribution in [2.75, 3.05) is 7.11 Å². The Morgan fingerprint density at radius 3 is 2.53 bits per heavy atom. The van der Waals surface area contributed by atoms with E-state index in [-0.39, 0.29) is 6.04 Å². The summed E-state index contributed by atoms with van der Waals surface area (Å²) in [6.07, 6.45) is 0. The van der Waals surface area contributed by atoms with Crippen molar-refractivity contribution in [2.24, 2.45) is 11.5 Å². The third-order valence-corrected chi connectivity index (χ3v) is 3.70. The van der Waals surface area contributed by atoms with Gasteiger partial charge in [-0.15, -0.1) is 0 Å². The molecule has 0 saturated carbocycles. The van der Waals surface area contributed by atoms with Gasteiger partial charge in [-0.2, -0.15) is 0 Å². The van der Waals surface area contributed by atoms with Crippen LogP contribution in [0.5, 0.6) is 5.75 Å². The summed E-state index contributed by atoms with van der Waals surface area (Å²) in [5.74, 6) is 0.798. The fraction of sp³-hybridized carbons (Fsp3) is 0.200. The van der Waals surface area contributed by atoms with Gasteiger partial charge < -0.3 is 16.2 Å². The Bertz CT molecular complexity index is 572. The van der Waals surface area contributed by atoms with Crippen molar-refractivity contribution in [3.8, 4) is 5.75 Å². The third kappa shape index (κ3) is 3.15. The van der Waals surface area contributed by atoms with E-state index in [2.05, 4.69) is 15.9 Å². The monoisotopic (exact) mass is 320 g/mol. The molecule has 0 spiro atoms. The number of ether oxygens (including phenoxy) is 1. The highest BCUT2D eigenvalue weighted by atomic mass is 79.9. The third-order valence-electron chi connectivity index (χ3n) is 3.08. The molecule has 19 heavy (non-hydrogen) atoms. The van der Waals surface area contributed by atoms with Crippen LogP contribution in [-0.4, -0.2) is 7.11 Å². The van der Waals surface area contributed by atoms with Crippen molar-refractivity contribution >= 4 is 15.9 Å². The van der Waals surface area contributed by atoms with E-state index in [1.807, 2.05) is 42.5 Å². The minimum Gasteiger partial charge on any atom is -0.496 e. The normalized spacial score (nSPS) is 12.2. The van der Waals surface area contributed by atoms with Gasteiger partial charge in [0.1, 0.15) is 5.75 Å². The van der Waals surface area contributed by atoms with E-state index in [0.29, 0.717) is 6.54 Å². The van der Waals surface area contributed by atoms with Gasteiger partial charge in [0.05, 0.1) is 17.6 Å². The fourth-order valence-electron chi connectivity index (χ4n) is 1.98. The lowest BCUT2D eigenvalue weighted by atomic mass is 9.98. The summed E-state index contributed by atoms with van der Waals surface area (Å²) in [4.78, 5) is 0. The maximum atomic E-state index is 6.30. The van der Waals surface area contributed by atoms with Crippen LogP contribution in [0, 0.1) is 0 Å². The number of methoxy groups -OCH3 is 1. The number of hydrogen-bond donors (Lipinski definition) is 2. The molecule has 4 heteroatoms. The molecule has 3 nitrogen and oxygen atoms in total. The van der Waals surface area contributed by atoms with Crippen molar-refractivity contribution in [2.45, 2.75) is 12.6 Å². The van der Waals surface area contributed by atoms with E-state index in [1.165, 1.54) is 0 Å². The number of rotatable bonds is 4. The van der Waals surface area contributed by atoms with E-state index in [9.17, 15) is 0 Å². The molecule has 2 aromatic carbocycles. The van der Waals surface area contributed by atoms with Gasteiger partial charge >= 0.3 is 0 Å². The Balaban J connectivity index is 2.32. The highest BCUT2D eigenvalue weighted by Gasteiger charge is 2.11. The lowest BCUT2D eigenvalue weighted by Gasteiger charge is -2.15. The summed E-state index contributed by atoms with van der Waals surface area (Å²) in [6, 6.07) is 13.7. The van der Waals surface area contributed by atoms with E-state index in [4.69, 9.17) is 16.2 Å². The molecular formula is C15H17BrN2O. The van der Waals surface area contributed by atoms with E-state index < -0.39 is 0 Å². The Morgan fingerprint density at radius 1 is 1.16 bits per heavy atom. The van der Waals surface area contributed by atoms with Crippen molar-refractivity contribution in [3.63, 3.8) is 0 Å². The molecule has 0 aliphatic carbocycles. The predicted molar refractivity (Wildman–Crippen MR) is 81.1 cm³/mol. The molecule has 2 aromatic rings. The molecule has 0 aliphatic heterocycles. The van der Waals surface area contributed by atoms with E-state index in [1.54, 1.807) is 7.11 Å². The molecule has 2 rings (SSSR count). The molecule has 0 saturated heterocycles. The number of hydrogen-bond acceptors (Lipinski definition) is 3. The summed E-state index contributed by atoms with van der Waals surface area (Å²) in [5.41, 5.74) is 15.1. The standard InChI is InChI=1S/C15H17BrN2O/c1-19-14-6-5-12(8-13(14)16)15(18)11-4-2-3-10(7-11)9-17/h2-8,15H,9,17-18H2,1H3. The number of nitrogens with two attached hydrogens (primary N) is 2. The van der Waals surface area contributed by atoms with Crippen molar-refractivity contribution < 1.29 is 4.74 Å². The first kappa shape index (κ1) is 14.1. The van der Waals surface area contributed by atoms with Crippen LogP contribution in [-0.2, 0) is 6.54 Å². The molecule has 0 amide bonds.